The molecule has 0 radical (unpaired) electrons. The van der Waals surface area contributed by atoms with Gasteiger partial charge in [-0.05, 0) is 38.6 Å². The van der Waals surface area contributed by atoms with Crippen LogP contribution in [0.25, 0.3) is 0 Å². The van der Waals surface area contributed by atoms with E-state index in [1.54, 1.807) is 13.0 Å². The number of rotatable bonds is 5. The van der Waals surface area contributed by atoms with E-state index in [1.165, 1.54) is 5.57 Å². The SMILES string of the molecule is C=C/C=C\C(=C1\C=CC=CC1)C(C(C)=O)N(C)C.CC. The minimum atomic E-state index is -0.202. The Morgan fingerprint density at radius 2 is 2.00 bits per heavy atom. The molecule has 0 aromatic carbocycles. The van der Waals surface area contributed by atoms with Crippen LogP contribution in [-0.4, -0.2) is 30.8 Å². The number of carbonyl (C=O) groups excluding carboxylic acids is 1. The third kappa shape index (κ3) is 5.54. The topological polar surface area (TPSA) is 20.3 Å². The van der Waals surface area contributed by atoms with Gasteiger partial charge in [-0.25, -0.2) is 0 Å². The Hall–Kier alpha value is -1.67. The lowest BCUT2D eigenvalue weighted by molar-refractivity contribution is -0.120. The number of nitrogens with zero attached hydrogens (tertiary/aromatic N) is 1. The van der Waals surface area contributed by atoms with E-state index < -0.39 is 0 Å². The van der Waals surface area contributed by atoms with Crippen molar-refractivity contribution in [3.05, 3.63) is 60.3 Å². The van der Waals surface area contributed by atoms with Crippen LogP contribution in [0, 0.1) is 0 Å². The monoisotopic (exact) mass is 273 g/mol. The number of allylic oxidation sites excluding steroid dienone is 7. The molecule has 0 saturated carbocycles. The minimum Gasteiger partial charge on any atom is -0.298 e. The van der Waals surface area contributed by atoms with E-state index in [4.69, 9.17) is 0 Å². The predicted octanol–water partition coefficient (Wildman–Crippen LogP) is 4.09. The van der Waals surface area contributed by atoms with Crippen LogP contribution in [0.4, 0.5) is 0 Å². The highest BCUT2D eigenvalue weighted by Gasteiger charge is 2.22. The zero-order valence-corrected chi connectivity index (χ0v) is 13.4. The summed E-state index contributed by atoms with van der Waals surface area (Å²) in [6, 6.07) is -0.202. The number of Topliss-reactive ketones (excluding diaryl/α,β-unsaturated/α-hetero) is 1. The molecule has 20 heavy (non-hydrogen) atoms. The minimum absolute atomic E-state index is 0.152. The Balaban J connectivity index is 0.00000172. The second-order valence-corrected chi connectivity index (χ2v) is 4.54. The fraction of sp³-hybridized carbons (Fsp3) is 0.389. The third-order valence-corrected chi connectivity index (χ3v) is 2.86. The fourth-order valence-electron chi connectivity index (χ4n) is 2.13. The zero-order valence-electron chi connectivity index (χ0n) is 13.4. The normalized spacial score (nSPS) is 17.7. The Morgan fingerprint density at radius 3 is 2.40 bits per heavy atom. The summed E-state index contributed by atoms with van der Waals surface area (Å²) in [6.45, 7) is 9.32. The van der Waals surface area contributed by atoms with Gasteiger partial charge in [0, 0.05) is 0 Å². The highest BCUT2D eigenvalue weighted by Crippen LogP contribution is 2.22. The molecule has 0 fully saturated rings. The number of hydrogen-bond acceptors (Lipinski definition) is 2. The first-order valence-corrected chi connectivity index (χ1v) is 7.10. The standard InChI is InChI=1S/C16H21NO.C2H6/c1-5-6-12-15(14-10-8-7-9-11-14)16(13(2)18)17(3)4;1-2/h5-10,12,16H,1,11H2,2-4H3;1-2H3/b12-6-,15-14+;. The maximum absolute atomic E-state index is 11.9. The van der Waals surface area contributed by atoms with Gasteiger partial charge in [0.25, 0.3) is 0 Å². The van der Waals surface area contributed by atoms with Crippen LogP contribution < -0.4 is 0 Å². The molecule has 1 unspecified atom stereocenters. The summed E-state index contributed by atoms with van der Waals surface area (Å²) in [5.41, 5.74) is 2.23. The second-order valence-electron chi connectivity index (χ2n) is 4.54. The highest BCUT2D eigenvalue weighted by atomic mass is 16.1. The molecule has 2 heteroatoms. The first kappa shape index (κ1) is 18.3. The quantitative estimate of drug-likeness (QED) is 0.703. The van der Waals surface area contributed by atoms with Crippen LogP contribution in [0.15, 0.2) is 60.3 Å². The van der Waals surface area contributed by atoms with Crippen molar-refractivity contribution in [1.29, 1.82) is 0 Å². The molecular formula is C18H27NO. The molecule has 0 amide bonds. The molecule has 0 N–H and O–H groups in total. The molecular weight excluding hydrogens is 246 g/mol. The zero-order chi connectivity index (χ0) is 15.5. The van der Waals surface area contributed by atoms with Gasteiger partial charge in [0.1, 0.15) is 0 Å². The van der Waals surface area contributed by atoms with Crippen molar-refractivity contribution in [3.63, 3.8) is 0 Å². The molecule has 1 aliphatic rings. The first-order chi connectivity index (χ1) is 9.57. The third-order valence-electron chi connectivity index (χ3n) is 2.86. The molecule has 2 nitrogen and oxygen atoms in total. The van der Waals surface area contributed by atoms with Crippen LogP contribution in [0.3, 0.4) is 0 Å². The summed E-state index contributed by atoms with van der Waals surface area (Å²) in [6.07, 6.45) is 14.7. The largest absolute Gasteiger partial charge is 0.298 e. The van der Waals surface area contributed by atoms with Crippen LogP contribution >= 0.6 is 0 Å². The summed E-state index contributed by atoms with van der Waals surface area (Å²) >= 11 is 0. The molecule has 0 aliphatic heterocycles. The van der Waals surface area contributed by atoms with Crippen molar-refractivity contribution in [3.8, 4) is 0 Å². The maximum atomic E-state index is 11.9. The molecule has 110 valence electrons. The van der Waals surface area contributed by atoms with Gasteiger partial charge in [-0.3, -0.25) is 9.69 Å². The van der Waals surface area contributed by atoms with Crippen LogP contribution in [0.2, 0.25) is 0 Å². The lowest BCUT2D eigenvalue weighted by Crippen LogP contribution is -2.36. The van der Waals surface area contributed by atoms with E-state index in [0.29, 0.717) is 0 Å². The van der Waals surface area contributed by atoms with E-state index in [9.17, 15) is 4.79 Å². The lowest BCUT2D eigenvalue weighted by atomic mass is 9.92. The van der Waals surface area contributed by atoms with Crippen molar-refractivity contribution in [2.24, 2.45) is 0 Å². The van der Waals surface area contributed by atoms with Gasteiger partial charge in [0.05, 0.1) is 6.04 Å². The molecule has 0 bridgehead atoms. The molecule has 0 heterocycles. The van der Waals surface area contributed by atoms with Gasteiger partial charge in [0.2, 0.25) is 0 Å². The van der Waals surface area contributed by atoms with Gasteiger partial charge in [-0.15, -0.1) is 0 Å². The summed E-state index contributed by atoms with van der Waals surface area (Å²) in [5, 5.41) is 0. The average Bonchev–Trinajstić information content (AvgIpc) is 2.45. The molecule has 0 aromatic rings. The first-order valence-electron chi connectivity index (χ1n) is 7.10. The van der Waals surface area contributed by atoms with E-state index in [2.05, 4.69) is 18.7 Å². The molecule has 1 aliphatic carbocycles. The smallest absolute Gasteiger partial charge is 0.151 e. The second kappa shape index (κ2) is 10.2. The highest BCUT2D eigenvalue weighted by molar-refractivity contribution is 5.86. The van der Waals surface area contributed by atoms with Crippen LogP contribution in [-0.2, 0) is 4.79 Å². The molecule has 1 rings (SSSR count). The van der Waals surface area contributed by atoms with Crippen molar-refractivity contribution in [2.75, 3.05) is 14.1 Å². The Labute approximate surface area is 123 Å². The van der Waals surface area contributed by atoms with E-state index >= 15 is 0 Å². The van der Waals surface area contributed by atoms with Crippen molar-refractivity contribution in [2.45, 2.75) is 33.2 Å². The van der Waals surface area contributed by atoms with E-state index in [-0.39, 0.29) is 11.8 Å². The number of ketones is 1. The van der Waals surface area contributed by atoms with Crippen LogP contribution in [0.1, 0.15) is 27.2 Å². The Kier molecular flexibility index (Phi) is 9.31. The van der Waals surface area contributed by atoms with Gasteiger partial charge in [-0.1, -0.05) is 63.0 Å². The fourth-order valence-corrected chi connectivity index (χ4v) is 2.13. The predicted molar refractivity (Wildman–Crippen MR) is 88.8 cm³/mol. The lowest BCUT2D eigenvalue weighted by Gasteiger charge is -2.25. The van der Waals surface area contributed by atoms with Crippen molar-refractivity contribution in [1.82, 2.24) is 4.90 Å². The average molecular weight is 273 g/mol. The van der Waals surface area contributed by atoms with Gasteiger partial charge >= 0.3 is 0 Å². The Morgan fingerprint density at radius 1 is 1.35 bits per heavy atom. The molecule has 1 atom stereocenters. The number of likely N-dealkylation sites (N-methyl/N-ethyl adjacent to an activating group) is 1. The molecule has 0 saturated heterocycles. The molecule has 0 aromatic heterocycles. The van der Waals surface area contributed by atoms with Crippen LogP contribution in [0.5, 0.6) is 0 Å². The summed E-state index contributed by atoms with van der Waals surface area (Å²) in [7, 11) is 3.85. The Bertz CT molecular complexity index is 436. The van der Waals surface area contributed by atoms with Gasteiger partial charge in [0.15, 0.2) is 5.78 Å². The summed E-state index contributed by atoms with van der Waals surface area (Å²) in [5.74, 6) is 0.152. The van der Waals surface area contributed by atoms with Crippen molar-refractivity contribution >= 4 is 5.78 Å². The number of carbonyl (C=O) groups is 1. The molecule has 0 spiro atoms. The maximum Gasteiger partial charge on any atom is 0.151 e. The van der Waals surface area contributed by atoms with E-state index in [1.807, 2.05) is 57.1 Å². The number of hydrogen-bond donors (Lipinski definition) is 0. The van der Waals surface area contributed by atoms with Crippen molar-refractivity contribution < 1.29 is 4.79 Å². The summed E-state index contributed by atoms with van der Waals surface area (Å²) in [4.78, 5) is 13.8. The van der Waals surface area contributed by atoms with Gasteiger partial charge in [-0.2, -0.15) is 0 Å². The van der Waals surface area contributed by atoms with E-state index in [0.717, 1.165) is 12.0 Å². The van der Waals surface area contributed by atoms with Gasteiger partial charge < -0.3 is 0 Å². The summed E-state index contributed by atoms with van der Waals surface area (Å²) < 4.78 is 0.